The third-order valence-electron chi connectivity index (χ3n) is 4.37. The topological polar surface area (TPSA) is 40.6 Å². The Morgan fingerprint density at radius 2 is 0.833 bits per heavy atom. The number of piperidine rings is 2. The first-order valence-corrected chi connectivity index (χ1v) is 9.03. The lowest BCUT2D eigenvalue weighted by atomic mass is 10.1. The Morgan fingerprint density at radius 3 is 1.21 bits per heavy atom. The van der Waals surface area contributed by atoms with Crippen molar-refractivity contribution in [2.75, 3.05) is 26.2 Å². The van der Waals surface area contributed by atoms with E-state index in [2.05, 4.69) is 0 Å². The highest BCUT2D eigenvalue weighted by Crippen LogP contribution is 2.09. The zero-order valence-electron chi connectivity index (χ0n) is 14.4. The molecule has 2 aliphatic heterocycles. The molecule has 0 bridgehead atoms. The van der Waals surface area contributed by atoms with Crippen LogP contribution in [0.1, 0.15) is 38.5 Å². The Hall–Kier alpha value is -2.10. The van der Waals surface area contributed by atoms with Crippen LogP contribution >= 0.6 is 0 Å². The third kappa shape index (κ3) is 6.57. The second-order valence-corrected chi connectivity index (χ2v) is 6.26. The SMILES string of the molecule is O=C(\C=C/C=C\C=C\C=C/C(=O)N1CCCCC1)N1CCCCC1. The summed E-state index contributed by atoms with van der Waals surface area (Å²) in [6.45, 7) is 3.51. The first-order valence-electron chi connectivity index (χ1n) is 9.03. The molecule has 2 aliphatic rings. The van der Waals surface area contributed by atoms with E-state index in [0.29, 0.717) is 0 Å². The molecule has 0 aromatic heterocycles. The van der Waals surface area contributed by atoms with Crippen molar-refractivity contribution < 1.29 is 9.59 Å². The number of amides is 2. The Bertz CT molecular complexity index is 472. The van der Waals surface area contributed by atoms with Crippen LogP contribution in [0, 0.1) is 0 Å². The van der Waals surface area contributed by atoms with Crippen molar-refractivity contribution in [2.24, 2.45) is 0 Å². The van der Waals surface area contributed by atoms with Crippen LogP contribution in [0.3, 0.4) is 0 Å². The Balaban J connectivity index is 1.66. The van der Waals surface area contributed by atoms with Crippen LogP contribution in [0.4, 0.5) is 0 Å². The minimum Gasteiger partial charge on any atom is -0.339 e. The zero-order valence-corrected chi connectivity index (χ0v) is 14.4. The van der Waals surface area contributed by atoms with Crippen LogP contribution < -0.4 is 0 Å². The Kier molecular flexibility index (Phi) is 8.08. The van der Waals surface area contributed by atoms with E-state index in [4.69, 9.17) is 0 Å². The molecule has 2 rings (SSSR count). The zero-order chi connectivity index (χ0) is 17.0. The molecule has 0 aliphatic carbocycles. The van der Waals surface area contributed by atoms with Crippen LogP contribution in [0.5, 0.6) is 0 Å². The molecule has 24 heavy (non-hydrogen) atoms. The molecule has 0 radical (unpaired) electrons. The van der Waals surface area contributed by atoms with Gasteiger partial charge in [0.1, 0.15) is 0 Å². The van der Waals surface area contributed by atoms with Gasteiger partial charge in [-0.3, -0.25) is 9.59 Å². The summed E-state index contributed by atoms with van der Waals surface area (Å²) < 4.78 is 0. The lowest BCUT2D eigenvalue weighted by Crippen LogP contribution is -2.34. The lowest BCUT2D eigenvalue weighted by molar-refractivity contribution is -0.127. The molecule has 4 nitrogen and oxygen atoms in total. The number of carbonyl (C=O) groups is 2. The van der Waals surface area contributed by atoms with Crippen molar-refractivity contribution in [3.8, 4) is 0 Å². The standard InChI is InChI=1S/C20H28N2O2/c23-19(21-15-9-5-10-16-21)13-7-3-1-2-4-8-14-20(24)22-17-11-6-12-18-22/h1-4,7-8,13-14H,5-6,9-12,15-18H2/b3-1-,4-2+,13-7-,14-8-. The Morgan fingerprint density at radius 1 is 0.500 bits per heavy atom. The number of likely N-dealkylation sites (tertiary alicyclic amines) is 2. The van der Waals surface area contributed by atoms with Crippen molar-refractivity contribution in [1.29, 1.82) is 0 Å². The van der Waals surface area contributed by atoms with Gasteiger partial charge in [0.05, 0.1) is 0 Å². The quantitative estimate of drug-likeness (QED) is 0.574. The summed E-state index contributed by atoms with van der Waals surface area (Å²) in [6.07, 6.45) is 21.0. The molecule has 0 spiro atoms. The number of hydrogen-bond donors (Lipinski definition) is 0. The van der Waals surface area contributed by atoms with Crippen molar-refractivity contribution in [1.82, 2.24) is 9.80 Å². The average Bonchev–Trinajstić information content (AvgIpc) is 2.65. The molecular formula is C20H28N2O2. The molecule has 2 heterocycles. The van der Waals surface area contributed by atoms with Crippen LogP contribution in [-0.4, -0.2) is 47.8 Å². The molecule has 2 fully saturated rings. The summed E-state index contributed by atoms with van der Waals surface area (Å²) in [7, 11) is 0. The molecule has 0 aromatic rings. The highest BCUT2D eigenvalue weighted by Gasteiger charge is 2.13. The molecule has 0 unspecified atom stereocenters. The smallest absolute Gasteiger partial charge is 0.246 e. The summed E-state index contributed by atoms with van der Waals surface area (Å²) >= 11 is 0. The van der Waals surface area contributed by atoms with Crippen LogP contribution in [0.25, 0.3) is 0 Å². The van der Waals surface area contributed by atoms with Gasteiger partial charge < -0.3 is 9.80 Å². The van der Waals surface area contributed by atoms with Gasteiger partial charge >= 0.3 is 0 Å². The fraction of sp³-hybridized carbons (Fsp3) is 0.500. The molecule has 0 saturated carbocycles. The van der Waals surface area contributed by atoms with Crippen LogP contribution in [0.2, 0.25) is 0 Å². The molecule has 2 saturated heterocycles. The molecule has 0 aromatic carbocycles. The Labute approximate surface area is 145 Å². The minimum absolute atomic E-state index is 0.0929. The molecule has 4 heteroatoms. The maximum atomic E-state index is 11.9. The van der Waals surface area contributed by atoms with E-state index in [1.54, 1.807) is 24.3 Å². The average molecular weight is 328 g/mol. The van der Waals surface area contributed by atoms with Gasteiger partial charge in [-0.2, -0.15) is 0 Å². The number of rotatable bonds is 5. The van der Waals surface area contributed by atoms with E-state index in [0.717, 1.165) is 51.9 Å². The largest absolute Gasteiger partial charge is 0.339 e. The van der Waals surface area contributed by atoms with E-state index in [-0.39, 0.29) is 11.8 Å². The normalized spacial score (nSPS) is 20.0. The van der Waals surface area contributed by atoms with E-state index >= 15 is 0 Å². The fourth-order valence-electron chi connectivity index (χ4n) is 2.97. The first kappa shape index (κ1) is 18.2. The van der Waals surface area contributed by atoms with Crippen molar-refractivity contribution in [3.05, 3.63) is 48.6 Å². The minimum atomic E-state index is 0.0929. The molecule has 0 N–H and O–H groups in total. The van der Waals surface area contributed by atoms with Crippen molar-refractivity contribution in [2.45, 2.75) is 38.5 Å². The fourth-order valence-corrected chi connectivity index (χ4v) is 2.97. The van der Waals surface area contributed by atoms with Gasteiger partial charge in [-0.15, -0.1) is 0 Å². The van der Waals surface area contributed by atoms with Gasteiger partial charge in [0.15, 0.2) is 0 Å². The summed E-state index contributed by atoms with van der Waals surface area (Å²) in [5.74, 6) is 0.186. The monoisotopic (exact) mass is 328 g/mol. The second-order valence-electron chi connectivity index (χ2n) is 6.26. The predicted octanol–water partition coefficient (Wildman–Crippen LogP) is 3.24. The van der Waals surface area contributed by atoms with Gasteiger partial charge in [0, 0.05) is 38.3 Å². The van der Waals surface area contributed by atoms with Gasteiger partial charge in [0.2, 0.25) is 11.8 Å². The third-order valence-corrected chi connectivity index (χ3v) is 4.37. The van der Waals surface area contributed by atoms with E-state index < -0.39 is 0 Å². The molecule has 2 amide bonds. The summed E-state index contributed by atoms with van der Waals surface area (Å²) in [4.78, 5) is 27.6. The summed E-state index contributed by atoms with van der Waals surface area (Å²) in [6, 6.07) is 0. The number of carbonyl (C=O) groups excluding carboxylic acids is 2. The van der Waals surface area contributed by atoms with E-state index in [1.165, 1.54) is 12.8 Å². The first-order chi connectivity index (χ1) is 11.8. The van der Waals surface area contributed by atoms with Gasteiger partial charge in [-0.05, 0) is 38.5 Å². The summed E-state index contributed by atoms with van der Waals surface area (Å²) in [5, 5.41) is 0. The molecule has 0 atom stereocenters. The maximum absolute atomic E-state index is 11.9. The summed E-state index contributed by atoms with van der Waals surface area (Å²) in [5.41, 5.74) is 0. The van der Waals surface area contributed by atoms with Crippen molar-refractivity contribution >= 4 is 11.8 Å². The lowest BCUT2D eigenvalue weighted by Gasteiger charge is -2.25. The van der Waals surface area contributed by atoms with E-state index in [9.17, 15) is 9.59 Å². The highest BCUT2D eigenvalue weighted by molar-refractivity contribution is 5.88. The predicted molar refractivity (Wildman–Crippen MR) is 97.4 cm³/mol. The number of nitrogens with zero attached hydrogens (tertiary/aromatic N) is 2. The van der Waals surface area contributed by atoms with Gasteiger partial charge in [0.25, 0.3) is 0 Å². The second kappa shape index (κ2) is 10.6. The molecular weight excluding hydrogens is 300 g/mol. The van der Waals surface area contributed by atoms with Gasteiger partial charge in [-0.25, -0.2) is 0 Å². The van der Waals surface area contributed by atoms with Crippen LogP contribution in [0.15, 0.2) is 48.6 Å². The molecule has 130 valence electrons. The highest BCUT2D eigenvalue weighted by atomic mass is 16.2. The number of hydrogen-bond acceptors (Lipinski definition) is 2. The van der Waals surface area contributed by atoms with Gasteiger partial charge in [-0.1, -0.05) is 36.5 Å². The number of allylic oxidation sites excluding steroid dienone is 6. The van der Waals surface area contributed by atoms with E-state index in [1.807, 2.05) is 34.1 Å². The maximum Gasteiger partial charge on any atom is 0.246 e. The van der Waals surface area contributed by atoms with Crippen LogP contribution in [-0.2, 0) is 9.59 Å². The van der Waals surface area contributed by atoms with Crippen molar-refractivity contribution in [3.63, 3.8) is 0 Å².